The third kappa shape index (κ3) is 2.89. The van der Waals surface area contributed by atoms with E-state index in [1.165, 1.54) is 7.05 Å². The zero-order valence-corrected chi connectivity index (χ0v) is 12.8. The first kappa shape index (κ1) is 14.4. The van der Waals surface area contributed by atoms with E-state index in [0.717, 1.165) is 20.3 Å². The highest BCUT2D eigenvalue weighted by Crippen LogP contribution is 2.31. The molecule has 4 nitrogen and oxygen atoms in total. The minimum Gasteiger partial charge on any atom is -0.303 e. The van der Waals surface area contributed by atoms with Gasteiger partial charge in [0.2, 0.25) is 0 Å². The Labute approximate surface area is 132 Å². The molecule has 0 spiro atoms. The van der Waals surface area contributed by atoms with Crippen molar-refractivity contribution in [2.24, 2.45) is 0 Å². The van der Waals surface area contributed by atoms with Gasteiger partial charge in [-0.1, -0.05) is 48.2 Å². The second-order valence-corrected chi connectivity index (χ2v) is 5.92. The molecule has 0 aliphatic carbocycles. The lowest BCUT2D eigenvalue weighted by atomic mass is 10.2. The number of amides is 3. The lowest BCUT2D eigenvalue weighted by molar-refractivity contribution is -0.121. The molecular formula is C17H14N2O2S. The third-order valence-corrected chi connectivity index (χ3v) is 4.37. The molecule has 1 fully saturated rings. The number of imide groups is 1. The Balaban J connectivity index is 1.92. The van der Waals surface area contributed by atoms with Crippen LogP contribution in [0.5, 0.6) is 0 Å². The topological polar surface area (TPSA) is 49.4 Å². The van der Waals surface area contributed by atoms with Crippen LogP contribution in [-0.2, 0) is 4.79 Å². The Bertz CT molecular complexity index is 756. The number of likely N-dealkylation sites (N-methyl/N-ethyl adjacent to an activating group) is 1. The number of benzene rings is 2. The van der Waals surface area contributed by atoms with Gasteiger partial charge >= 0.3 is 6.03 Å². The van der Waals surface area contributed by atoms with Gasteiger partial charge in [-0.3, -0.25) is 9.69 Å². The number of nitrogens with one attached hydrogen (secondary N) is 1. The molecule has 0 saturated carbocycles. The fourth-order valence-electron chi connectivity index (χ4n) is 2.09. The van der Waals surface area contributed by atoms with Crippen LogP contribution in [0.3, 0.4) is 0 Å². The van der Waals surface area contributed by atoms with Crippen LogP contribution in [0, 0.1) is 0 Å². The van der Waals surface area contributed by atoms with Crippen molar-refractivity contribution in [2.45, 2.75) is 9.79 Å². The van der Waals surface area contributed by atoms with Gasteiger partial charge in [-0.15, -0.1) is 0 Å². The lowest BCUT2D eigenvalue weighted by Gasteiger charge is -2.06. The molecule has 3 amide bonds. The Morgan fingerprint density at radius 2 is 1.68 bits per heavy atom. The van der Waals surface area contributed by atoms with Crippen LogP contribution in [0.1, 0.15) is 5.56 Å². The first-order valence-corrected chi connectivity index (χ1v) is 7.59. The van der Waals surface area contributed by atoms with Crippen molar-refractivity contribution in [3.63, 3.8) is 0 Å². The Morgan fingerprint density at radius 3 is 2.36 bits per heavy atom. The molecule has 1 heterocycles. The minimum absolute atomic E-state index is 0.300. The van der Waals surface area contributed by atoms with Crippen LogP contribution in [-0.4, -0.2) is 23.9 Å². The van der Waals surface area contributed by atoms with E-state index >= 15 is 0 Å². The van der Waals surface area contributed by atoms with Crippen molar-refractivity contribution in [2.75, 3.05) is 7.05 Å². The zero-order valence-electron chi connectivity index (χ0n) is 11.9. The summed E-state index contributed by atoms with van der Waals surface area (Å²) >= 11 is 1.62. The molecule has 22 heavy (non-hydrogen) atoms. The number of hydrogen-bond donors (Lipinski definition) is 1. The molecule has 0 atom stereocenters. The minimum atomic E-state index is -0.399. The van der Waals surface area contributed by atoms with Crippen molar-refractivity contribution in [1.82, 2.24) is 10.2 Å². The van der Waals surface area contributed by atoms with Gasteiger partial charge < -0.3 is 5.32 Å². The van der Waals surface area contributed by atoms with Crippen molar-refractivity contribution in [1.29, 1.82) is 0 Å². The maximum absolute atomic E-state index is 12.0. The van der Waals surface area contributed by atoms with Gasteiger partial charge in [-0.05, 0) is 29.8 Å². The standard InChI is InChI=1S/C17H14N2O2S/c1-19-16(20)14(18-17(19)21)11-12-7-5-6-10-15(12)22-13-8-3-2-4-9-13/h2-11H,1H3,(H,18,21)/b14-11-. The Kier molecular flexibility index (Phi) is 3.98. The summed E-state index contributed by atoms with van der Waals surface area (Å²) in [7, 11) is 1.46. The highest BCUT2D eigenvalue weighted by molar-refractivity contribution is 7.99. The summed E-state index contributed by atoms with van der Waals surface area (Å²) in [5.74, 6) is -0.315. The lowest BCUT2D eigenvalue weighted by Crippen LogP contribution is -2.25. The molecule has 2 aromatic carbocycles. The van der Waals surface area contributed by atoms with Crippen molar-refractivity contribution >= 4 is 29.8 Å². The number of hydrogen-bond acceptors (Lipinski definition) is 3. The SMILES string of the molecule is CN1C(=O)N/C(=C\c2ccccc2Sc2ccccc2)C1=O. The number of nitrogens with zero attached hydrogens (tertiary/aromatic N) is 1. The predicted octanol–water partition coefficient (Wildman–Crippen LogP) is 3.36. The van der Waals surface area contributed by atoms with Gasteiger partial charge in [0.25, 0.3) is 5.91 Å². The molecule has 0 aromatic heterocycles. The average Bonchev–Trinajstić information content (AvgIpc) is 2.77. The van der Waals surface area contributed by atoms with E-state index in [-0.39, 0.29) is 5.91 Å². The molecule has 2 aromatic rings. The molecule has 1 aliphatic rings. The maximum atomic E-state index is 12.0. The zero-order chi connectivity index (χ0) is 15.5. The van der Waals surface area contributed by atoms with Crippen molar-refractivity contribution in [3.8, 4) is 0 Å². The molecule has 0 bridgehead atoms. The highest BCUT2D eigenvalue weighted by atomic mass is 32.2. The summed E-state index contributed by atoms with van der Waals surface area (Å²) in [4.78, 5) is 26.7. The van der Waals surface area contributed by atoms with Crippen molar-refractivity contribution in [3.05, 3.63) is 65.9 Å². The first-order chi connectivity index (χ1) is 10.6. The normalized spacial score (nSPS) is 16.2. The van der Waals surface area contributed by atoms with E-state index < -0.39 is 6.03 Å². The quantitative estimate of drug-likeness (QED) is 0.698. The summed E-state index contributed by atoms with van der Waals surface area (Å²) < 4.78 is 0. The first-order valence-electron chi connectivity index (χ1n) is 6.78. The van der Waals surface area contributed by atoms with E-state index in [2.05, 4.69) is 5.32 Å². The molecule has 0 unspecified atom stereocenters. The van der Waals surface area contributed by atoms with E-state index in [1.54, 1.807) is 17.8 Å². The molecule has 5 heteroatoms. The second-order valence-electron chi connectivity index (χ2n) is 4.81. The van der Waals surface area contributed by atoms with E-state index in [0.29, 0.717) is 5.70 Å². The third-order valence-electron chi connectivity index (χ3n) is 3.27. The molecule has 1 saturated heterocycles. The number of rotatable bonds is 3. The second kappa shape index (κ2) is 6.07. The van der Waals surface area contributed by atoms with Gasteiger partial charge in [-0.2, -0.15) is 0 Å². The van der Waals surface area contributed by atoms with Crippen LogP contribution >= 0.6 is 11.8 Å². The van der Waals surface area contributed by atoms with Gasteiger partial charge in [0.1, 0.15) is 5.70 Å². The van der Waals surface area contributed by atoms with E-state index in [9.17, 15) is 9.59 Å². The summed E-state index contributed by atoms with van der Waals surface area (Å²) in [6, 6.07) is 17.4. The average molecular weight is 310 g/mol. The summed E-state index contributed by atoms with van der Waals surface area (Å²) in [6.45, 7) is 0. The van der Waals surface area contributed by atoms with Gasteiger partial charge in [0, 0.05) is 16.8 Å². The Morgan fingerprint density at radius 1 is 1.00 bits per heavy atom. The summed E-state index contributed by atoms with van der Waals surface area (Å²) in [5.41, 5.74) is 1.20. The largest absolute Gasteiger partial charge is 0.328 e. The summed E-state index contributed by atoms with van der Waals surface area (Å²) in [6.07, 6.45) is 1.72. The van der Waals surface area contributed by atoms with Gasteiger partial charge in [0.05, 0.1) is 0 Å². The van der Waals surface area contributed by atoms with Crippen LogP contribution in [0.15, 0.2) is 70.1 Å². The van der Waals surface area contributed by atoms with Crippen molar-refractivity contribution < 1.29 is 9.59 Å². The van der Waals surface area contributed by atoms with Crippen LogP contribution in [0.2, 0.25) is 0 Å². The molecular weight excluding hydrogens is 296 g/mol. The monoisotopic (exact) mass is 310 g/mol. The van der Waals surface area contributed by atoms with Crippen LogP contribution in [0.4, 0.5) is 4.79 Å². The smallest absolute Gasteiger partial charge is 0.303 e. The molecule has 0 radical (unpaired) electrons. The Hall–Kier alpha value is -2.53. The van der Waals surface area contributed by atoms with Crippen LogP contribution in [0.25, 0.3) is 6.08 Å². The number of carbonyl (C=O) groups is 2. The molecule has 3 rings (SSSR count). The van der Waals surface area contributed by atoms with E-state index in [1.807, 2.05) is 54.6 Å². The predicted molar refractivity (Wildman–Crippen MR) is 86.3 cm³/mol. The number of carbonyl (C=O) groups excluding carboxylic acids is 2. The summed E-state index contributed by atoms with van der Waals surface area (Å²) in [5, 5.41) is 2.58. The van der Waals surface area contributed by atoms with Crippen LogP contribution < -0.4 is 5.32 Å². The van der Waals surface area contributed by atoms with Gasteiger partial charge in [0.15, 0.2) is 0 Å². The fourth-order valence-corrected chi connectivity index (χ4v) is 3.03. The van der Waals surface area contributed by atoms with Gasteiger partial charge in [-0.25, -0.2) is 4.79 Å². The maximum Gasteiger partial charge on any atom is 0.328 e. The fraction of sp³-hybridized carbons (Fsp3) is 0.0588. The number of urea groups is 1. The molecule has 1 N–H and O–H groups in total. The van der Waals surface area contributed by atoms with E-state index in [4.69, 9.17) is 0 Å². The molecule has 1 aliphatic heterocycles. The molecule has 110 valence electrons. The highest BCUT2D eigenvalue weighted by Gasteiger charge is 2.30.